The van der Waals surface area contributed by atoms with Crippen LogP contribution in [0.2, 0.25) is 0 Å². The smallest absolute Gasteiger partial charge is 0.236 e. The molecule has 2 saturated heterocycles. The zero-order valence-electron chi connectivity index (χ0n) is 11.3. The van der Waals surface area contributed by atoms with E-state index in [0.717, 1.165) is 25.9 Å². The zero-order valence-corrected chi connectivity index (χ0v) is 11.3. The lowest BCUT2D eigenvalue weighted by atomic mass is 9.94. The molecule has 0 aromatic carbocycles. The van der Waals surface area contributed by atoms with Gasteiger partial charge in [0.15, 0.2) is 0 Å². The molecule has 2 rings (SSSR count). The molecule has 2 heterocycles. The number of nitrogens with zero attached hydrogens (tertiary/aromatic N) is 2. The van der Waals surface area contributed by atoms with E-state index < -0.39 is 5.60 Å². The summed E-state index contributed by atoms with van der Waals surface area (Å²) in [6.45, 7) is 5.57. The van der Waals surface area contributed by atoms with Crippen LogP contribution >= 0.6 is 0 Å². The Balaban J connectivity index is 1.75. The van der Waals surface area contributed by atoms with Gasteiger partial charge in [0.2, 0.25) is 5.91 Å². The van der Waals surface area contributed by atoms with Crippen LogP contribution in [0.25, 0.3) is 0 Å². The van der Waals surface area contributed by atoms with Gasteiger partial charge in [0.05, 0.1) is 12.1 Å². The van der Waals surface area contributed by atoms with Crippen LogP contribution in [0.5, 0.6) is 0 Å². The normalized spacial score (nSPS) is 26.3. The number of hydrogen-bond acceptors (Lipinski definition) is 4. The highest BCUT2D eigenvalue weighted by atomic mass is 16.3. The molecule has 0 radical (unpaired) electrons. The summed E-state index contributed by atoms with van der Waals surface area (Å²) in [6, 6.07) is 0.307. The lowest BCUT2D eigenvalue weighted by Crippen LogP contribution is -2.50. The first-order valence-corrected chi connectivity index (χ1v) is 6.94. The fraction of sp³-hybridized carbons (Fsp3) is 0.923. The largest absolute Gasteiger partial charge is 0.390 e. The van der Waals surface area contributed by atoms with E-state index in [9.17, 15) is 9.90 Å². The highest BCUT2D eigenvalue weighted by Gasteiger charge is 2.30. The summed E-state index contributed by atoms with van der Waals surface area (Å²) in [7, 11) is 0. The average Bonchev–Trinajstić information content (AvgIpc) is 2.32. The molecule has 5 heteroatoms. The maximum atomic E-state index is 12.1. The van der Waals surface area contributed by atoms with Gasteiger partial charge < -0.3 is 15.7 Å². The number of nitrogens with two attached hydrogens (primary N) is 1. The quantitative estimate of drug-likeness (QED) is 0.716. The maximum absolute atomic E-state index is 12.1. The minimum absolute atomic E-state index is 0.195. The summed E-state index contributed by atoms with van der Waals surface area (Å²) in [5.41, 5.74) is 5.26. The van der Waals surface area contributed by atoms with E-state index in [1.807, 2.05) is 11.8 Å². The highest BCUT2D eigenvalue weighted by Crippen LogP contribution is 2.21. The van der Waals surface area contributed by atoms with Crippen LogP contribution < -0.4 is 5.73 Å². The summed E-state index contributed by atoms with van der Waals surface area (Å²) in [6.07, 6.45) is 3.34. The summed E-state index contributed by atoms with van der Waals surface area (Å²) in [5.74, 6) is 0.195. The lowest BCUT2D eigenvalue weighted by Gasteiger charge is -2.37. The molecule has 0 aromatic heterocycles. The van der Waals surface area contributed by atoms with Gasteiger partial charge in [0.1, 0.15) is 0 Å². The molecule has 2 aliphatic heterocycles. The number of likely N-dealkylation sites (tertiary alicyclic amines) is 2. The molecule has 0 aliphatic carbocycles. The van der Waals surface area contributed by atoms with Gasteiger partial charge in [0, 0.05) is 32.2 Å². The monoisotopic (exact) mass is 255 g/mol. The Morgan fingerprint density at radius 1 is 1.28 bits per heavy atom. The first kappa shape index (κ1) is 13.8. The second kappa shape index (κ2) is 5.55. The van der Waals surface area contributed by atoms with Gasteiger partial charge in [0.25, 0.3) is 0 Å². The van der Waals surface area contributed by atoms with Crippen molar-refractivity contribution in [1.82, 2.24) is 9.80 Å². The average molecular weight is 255 g/mol. The number of aliphatic hydroxyl groups is 1. The van der Waals surface area contributed by atoms with Gasteiger partial charge >= 0.3 is 0 Å². The Hall–Kier alpha value is -0.650. The minimum Gasteiger partial charge on any atom is -0.390 e. The zero-order chi connectivity index (χ0) is 13.2. The molecule has 0 spiro atoms. The van der Waals surface area contributed by atoms with E-state index in [0.29, 0.717) is 38.5 Å². The number of hydrogen-bond donors (Lipinski definition) is 2. The van der Waals surface area contributed by atoms with Gasteiger partial charge in [-0.2, -0.15) is 0 Å². The van der Waals surface area contributed by atoms with Crippen LogP contribution in [0.1, 0.15) is 32.6 Å². The third-order valence-electron chi connectivity index (χ3n) is 4.18. The molecular weight excluding hydrogens is 230 g/mol. The predicted molar refractivity (Wildman–Crippen MR) is 70.1 cm³/mol. The fourth-order valence-electron chi connectivity index (χ4n) is 2.64. The first-order chi connectivity index (χ1) is 8.46. The topological polar surface area (TPSA) is 69.8 Å². The molecule has 104 valence electrons. The van der Waals surface area contributed by atoms with E-state index in [1.54, 1.807) is 0 Å². The van der Waals surface area contributed by atoms with Crippen molar-refractivity contribution in [2.45, 2.75) is 44.2 Å². The van der Waals surface area contributed by atoms with E-state index >= 15 is 0 Å². The molecule has 0 aromatic rings. The Labute approximate surface area is 109 Å². The standard InChI is InChI=1S/C13H25N3O2/c1-13(18)4-8-16(9-5-13)12(17)10-15-6-2-11(14)3-7-15/h11,18H,2-10,14H2,1H3. The Kier molecular flexibility index (Phi) is 4.25. The number of piperidine rings is 2. The number of amides is 1. The molecule has 2 aliphatic rings. The Morgan fingerprint density at radius 2 is 1.83 bits per heavy atom. The number of carbonyl (C=O) groups excluding carboxylic acids is 1. The minimum atomic E-state index is -0.589. The summed E-state index contributed by atoms with van der Waals surface area (Å²) in [4.78, 5) is 16.2. The van der Waals surface area contributed by atoms with E-state index in [2.05, 4.69) is 4.90 Å². The second-order valence-corrected chi connectivity index (χ2v) is 5.99. The molecular formula is C13H25N3O2. The van der Waals surface area contributed by atoms with Crippen molar-refractivity contribution in [3.63, 3.8) is 0 Å². The Bertz CT molecular complexity index is 289. The van der Waals surface area contributed by atoms with Crippen molar-refractivity contribution >= 4 is 5.91 Å². The van der Waals surface area contributed by atoms with Gasteiger partial charge in [-0.1, -0.05) is 0 Å². The van der Waals surface area contributed by atoms with Crippen molar-refractivity contribution in [2.75, 3.05) is 32.7 Å². The number of rotatable bonds is 2. The SMILES string of the molecule is CC1(O)CCN(C(=O)CN2CCC(N)CC2)CC1. The van der Waals surface area contributed by atoms with Crippen molar-refractivity contribution in [3.05, 3.63) is 0 Å². The van der Waals surface area contributed by atoms with Crippen molar-refractivity contribution in [2.24, 2.45) is 5.73 Å². The third-order valence-corrected chi connectivity index (χ3v) is 4.18. The van der Waals surface area contributed by atoms with Crippen LogP contribution in [0.15, 0.2) is 0 Å². The first-order valence-electron chi connectivity index (χ1n) is 6.94. The van der Waals surface area contributed by atoms with Crippen LogP contribution in [0, 0.1) is 0 Å². The van der Waals surface area contributed by atoms with Crippen molar-refractivity contribution in [1.29, 1.82) is 0 Å². The van der Waals surface area contributed by atoms with Crippen LogP contribution in [-0.2, 0) is 4.79 Å². The third kappa shape index (κ3) is 3.67. The van der Waals surface area contributed by atoms with Gasteiger partial charge in [-0.05, 0) is 32.6 Å². The molecule has 5 nitrogen and oxygen atoms in total. The highest BCUT2D eigenvalue weighted by molar-refractivity contribution is 5.78. The molecule has 1 amide bonds. The van der Waals surface area contributed by atoms with Crippen LogP contribution in [0.3, 0.4) is 0 Å². The number of carbonyl (C=O) groups is 1. The fourth-order valence-corrected chi connectivity index (χ4v) is 2.64. The van der Waals surface area contributed by atoms with E-state index in [-0.39, 0.29) is 5.91 Å². The van der Waals surface area contributed by atoms with Gasteiger partial charge in [-0.25, -0.2) is 0 Å². The van der Waals surface area contributed by atoms with Crippen LogP contribution in [0.4, 0.5) is 0 Å². The van der Waals surface area contributed by atoms with E-state index in [4.69, 9.17) is 5.73 Å². The van der Waals surface area contributed by atoms with E-state index in [1.165, 1.54) is 0 Å². The molecule has 0 atom stereocenters. The molecule has 0 bridgehead atoms. The lowest BCUT2D eigenvalue weighted by molar-refractivity contribution is -0.136. The molecule has 18 heavy (non-hydrogen) atoms. The second-order valence-electron chi connectivity index (χ2n) is 5.99. The summed E-state index contributed by atoms with van der Waals surface area (Å²) >= 11 is 0. The van der Waals surface area contributed by atoms with Crippen LogP contribution in [-0.4, -0.2) is 65.2 Å². The van der Waals surface area contributed by atoms with Gasteiger partial charge in [-0.3, -0.25) is 9.69 Å². The molecule has 3 N–H and O–H groups in total. The van der Waals surface area contributed by atoms with Gasteiger partial charge in [-0.15, -0.1) is 0 Å². The summed E-state index contributed by atoms with van der Waals surface area (Å²) in [5, 5.41) is 9.86. The Morgan fingerprint density at radius 3 is 2.39 bits per heavy atom. The molecule has 2 fully saturated rings. The summed E-state index contributed by atoms with van der Waals surface area (Å²) < 4.78 is 0. The predicted octanol–water partition coefficient (Wildman–Crippen LogP) is -0.217. The maximum Gasteiger partial charge on any atom is 0.236 e. The van der Waals surface area contributed by atoms with Crippen molar-refractivity contribution < 1.29 is 9.90 Å². The molecule has 0 saturated carbocycles. The van der Waals surface area contributed by atoms with Crippen molar-refractivity contribution in [3.8, 4) is 0 Å². The molecule has 0 unspecified atom stereocenters.